The fourth-order valence-corrected chi connectivity index (χ4v) is 20.0. The van der Waals surface area contributed by atoms with E-state index in [9.17, 15) is 0 Å². The van der Waals surface area contributed by atoms with Crippen molar-refractivity contribution in [2.24, 2.45) is 23.7 Å². The molecule has 0 spiro atoms. The first-order valence-corrected chi connectivity index (χ1v) is 27.4. The lowest BCUT2D eigenvalue weighted by atomic mass is 9.31. The molecule has 4 unspecified atom stereocenters. The standard InChI is InChI=1S/C65H67BSi/c1-44-34-46(3)62(47(4)35-44)66(63-48(5)36-45(2)49(6)50(63)7)57-19-17-18-54(38-57)53-26-28-55(29-27-53)64-39-51-37-52(40-64)42-65(41-51,43-64)56-30-32-61(33-31-56)67(58-20-11-8-12-21-58,59-22-13-9-14-23-59)60-24-15-10-16-25-60/h8-36,38,49-52H,37,39-43H2,1-7H3. The molecule has 2 heteroatoms. The van der Waals surface area contributed by atoms with Crippen molar-refractivity contribution in [2.45, 2.75) is 97.8 Å². The van der Waals surface area contributed by atoms with Crippen LogP contribution in [0.2, 0.25) is 0 Å². The van der Waals surface area contributed by atoms with Gasteiger partial charge in [0.15, 0.2) is 8.07 Å². The minimum atomic E-state index is -2.57. The van der Waals surface area contributed by atoms with Crippen LogP contribution in [-0.4, -0.2) is 14.8 Å². The van der Waals surface area contributed by atoms with Crippen LogP contribution in [-0.2, 0) is 10.8 Å². The highest BCUT2D eigenvalue weighted by Gasteiger charge is 2.58. The Kier molecular flexibility index (Phi) is 11.2. The van der Waals surface area contributed by atoms with E-state index in [4.69, 9.17) is 0 Å². The number of allylic oxidation sites excluding steroid dienone is 4. The van der Waals surface area contributed by atoms with Gasteiger partial charge < -0.3 is 0 Å². The molecule has 5 aliphatic rings. The van der Waals surface area contributed by atoms with Gasteiger partial charge in [-0.2, -0.15) is 0 Å². The number of rotatable bonds is 10. The lowest BCUT2D eigenvalue weighted by Gasteiger charge is -2.63. The zero-order valence-electron chi connectivity index (χ0n) is 40.9. The molecule has 7 aromatic carbocycles. The highest BCUT2D eigenvalue weighted by atomic mass is 28.3. The van der Waals surface area contributed by atoms with Gasteiger partial charge in [-0.15, -0.1) is 0 Å². The molecule has 334 valence electrons. The molecule has 0 saturated heterocycles. The predicted octanol–water partition coefficient (Wildman–Crippen LogP) is 12.1. The van der Waals surface area contributed by atoms with Gasteiger partial charge in [0.2, 0.25) is 6.71 Å². The molecule has 67 heavy (non-hydrogen) atoms. The second-order valence-corrected chi connectivity index (χ2v) is 25.8. The molecule has 0 heterocycles. The molecule has 4 saturated carbocycles. The molecule has 4 bridgehead atoms. The Balaban J connectivity index is 0.935. The van der Waals surface area contributed by atoms with Crippen molar-refractivity contribution >= 4 is 46.5 Å². The van der Waals surface area contributed by atoms with Gasteiger partial charge in [-0.1, -0.05) is 240 Å². The Hall–Kier alpha value is -5.70. The smallest absolute Gasteiger partial charge is 0.0844 e. The van der Waals surface area contributed by atoms with Crippen molar-refractivity contribution < 1.29 is 0 Å². The van der Waals surface area contributed by atoms with E-state index in [1.54, 1.807) is 16.6 Å². The summed E-state index contributed by atoms with van der Waals surface area (Å²) in [5, 5.41) is 5.78. The van der Waals surface area contributed by atoms with Gasteiger partial charge in [-0.3, -0.25) is 0 Å². The lowest BCUT2D eigenvalue weighted by Crippen LogP contribution is -2.74. The highest BCUT2D eigenvalue weighted by Crippen LogP contribution is 2.66. The van der Waals surface area contributed by atoms with E-state index in [1.807, 2.05) is 0 Å². The van der Waals surface area contributed by atoms with Gasteiger partial charge in [0.05, 0.1) is 0 Å². The summed E-state index contributed by atoms with van der Waals surface area (Å²) in [6.07, 6.45) is 10.5. The molecule has 4 atom stereocenters. The third-order valence-electron chi connectivity index (χ3n) is 17.9. The SMILES string of the molecule is CC1=CC(C)=C(B(c2cccc(-c3ccc(C45CC6CC(C4)CC(c4ccc([Si](c7ccccc7)(c7ccccc7)c7ccccc7)cc4)(C6)C5)cc3)c2)c2c(C)cc(C)cc2C)C(C)C1C. The zero-order chi connectivity index (χ0) is 46.1. The van der Waals surface area contributed by atoms with E-state index in [2.05, 4.69) is 230 Å². The Morgan fingerprint density at radius 3 is 1.46 bits per heavy atom. The topological polar surface area (TPSA) is 0 Å². The summed E-state index contributed by atoms with van der Waals surface area (Å²) in [5.74, 6) is 2.56. The molecule has 12 rings (SSSR count). The van der Waals surface area contributed by atoms with Crippen LogP contribution in [0.25, 0.3) is 11.1 Å². The molecular formula is C65H67BSi. The van der Waals surface area contributed by atoms with Crippen molar-refractivity contribution in [1.29, 1.82) is 0 Å². The van der Waals surface area contributed by atoms with Gasteiger partial charge in [0.1, 0.15) is 0 Å². The highest BCUT2D eigenvalue weighted by molar-refractivity contribution is 7.19. The molecule has 0 aliphatic heterocycles. The maximum atomic E-state index is 2.58. The fraction of sp³-hybridized carbons (Fsp3) is 0.292. The van der Waals surface area contributed by atoms with E-state index in [0.717, 1.165) is 11.8 Å². The van der Waals surface area contributed by atoms with Crippen molar-refractivity contribution in [1.82, 2.24) is 0 Å². The second-order valence-electron chi connectivity index (χ2n) is 22.0. The molecule has 5 aliphatic carbocycles. The van der Waals surface area contributed by atoms with E-state index in [-0.39, 0.29) is 17.5 Å². The fourth-order valence-electron chi connectivity index (χ4n) is 15.2. The van der Waals surface area contributed by atoms with Crippen molar-refractivity contribution in [3.8, 4) is 11.1 Å². The molecule has 0 radical (unpaired) electrons. The van der Waals surface area contributed by atoms with Crippen LogP contribution in [0.4, 0.5) is 0 Å². The Bertz CT molecular complexity index is 2860. The van der Waals surface area contributed by atoms with Crippen LogP contribution in [0.15, 0.2) is 199 Å². The summed E-state index contributed by atoms with van der Waals surface area (Å²) < 4.78 is 0. The van der Waals surface area contributed by atoms with E-state index >= 15 is 0 Å². The molecular weight excluding hydrogens is 820 g/mol. The third-order valence-corrected chi connectivity index (χ3v) is 22.7. The maximum Gasteiger partial charge on any atom is 0.238 e. The summed E-state index contributed by atoms with van der Waals surface area (Å²) in [7, 11) is -2.57. The van der Waals surface area contributed by atoms with E-state index in [1.165, 1.54) is 109 Å². The minimum absolute atomic E-state index is 0.215. The third kappa shape index (κ3) is 7.41. The molecule has 0 N–H and O–H groups in total. The number of hydrogen-bond acceptors (Lipinski definition) is 0. The van der Waals surface area contributed by atoms with Crippen LogP contribution in [0.1, 0.15) is 94.0 Å². The average Bonchev–Trinajstić information content (AvgIpc) is 3.34. The van der Waals surface area contributed by atoms with Crippen molar-refractivity contribution in [2.75, 3.05) is 0 Å². The largest absolute Gasteiger partial charge is 0.238 e. The summed E-state index contributed by atoms with van der Waals surface area (Å²) in [6, 6.07) is 68.8. The van der Waals surface area contributed by atoms with Gasteiger partial charge in [0, 0.05) is 0 Å². The molecule has 0 nitrogen and oxygen atoms in total. The van der Waals surface area contributed by atoms with E-state index in [0.29, 0.717) is 11.8 Å². The van der Waals surface area contributed by atoms with Crippen molar-refractivity contribution in [3.05, 3.63) is 226 Å². The van der Waals surface area contributed by atoms with Gasteiger partial charge in [0.25, 0.3) is 0 Å². The van der Waals surface area contributed by atoms with Crippen LogP contribution >= 0.6 is 0 Å². The van der Waals surface area contributed by atoms with Gasteiger partial charge >= 0.3 is 0 Å². The van der Waals surface area contributed by atoms with Crippen LogP contribution in [0.5, 0.6) is 0 Å². The molecule has 4 fully saturated rings. The lowest BCUT2D eigenvalue weighted by molar-refractivity contribution is -0.0281. The first-order chi connectivity index (χ1) is 32.5. The summed E-state index contributed by atoms with van der Waals surface area (Å²) >= 11 is 0. The Morgan fingerprint density at radius 2 is 0.955 bits per heavy atom. The molecule has 0 aromatic heterocycles. The first-order valence-electron chi connectivity index (χ1n) is 25.4. The van der Waals surface area contributed by atoms with Gasteiger partial charge in [-0.05, 0) is 151 Å². The number of benzene rings is 7. The first kappa shape index (κ1) is 43.8. The predicted molar refractivity (Wildman–Crippen MR) is 290 cm³/mol. The number of hydrogen-bond donors (Lipinski definition) is 0. The normalized spacial score (nSPS) is 24.4. The maximum absolute atomic E-state index is 2.58. The minimum Gasteiger partial charge on any atom is -0.0844 e. The Morgan fingerprint density at radius 1 is 0.478 bits per heavy atom. The van der Waals surface area contributed by atoms with Crippen LogP contribution in [0, 0.1) is 44.4 Å². The quantitative estimate of drug-likeness (QED) is 0.0948. The summed E-state index contributed by atoms with van der Waals surface area (Å²) in [5.41, 5.74) is 17.8. The number of aryl methyl sites for hydroxylation is 3. The Labute approximate surface area is 403 Å². The summed E-state index contributed by atoms with van der Waals surface area (Å²) in [4.78, 5) is 0. The zero-order valence-corrected chi connectivity index (χ0v) is 41.9. The second kappa shape index (κ2) is 17.1. The molecule has 7 aromatic rings. The monoisotopic (exact) mass is 887 g/mol. The van der Waals surface area contributed by atoms with Crippen LogP contribution < -0.4 is 31.7 Å². The van der Waals surface area contributed by atoms with Crippen molar-refractivity contribution in [3.63, 3.8) is 0 Å². The average molecular weight is 887 g/mol. The van der Waals surface area contributed by atoms with E-state index < -0.39 is 8.07 Å². The van der Waals surface area contributed by atoms with Gasteiger partial charge in [-0.25, -0.2) is 0 Å². The van der Waals surface area contributed by atoms with Crippen LogP contribution in [0.3, 0.4) is 0 Å². The summed E-state index contributed by atoms with van der Waals surface area (Å²) in [6.45, 7) is 16.7. The molecule has 0 amide bonds.